The van der Waals surface area contributed by atoms with Crippen molar-refractivity contribution in [3.8, 4) is 0 Å². The van der Waals surface area contributed by atoms with Crippen LogP contribution in [0.3, 0.4) is 0 Å². The summed E-state index contributed by atoms with van der Waals surface area (Å²) < 4.78 is 0. The number of nitrogens with one attached hydrogen (secondary N) is 1. The first-order valence-electron chi connectivity index (χ1n) is 7.67. The molecule has 1 aromatic rings. The van der Waals surface area contributed by atoms with E-state index in [9.17, 15) is 0 Å². The van der Waals surface area contributed by atoms with E-state index in [0.29, 0.717) is 12.1 Å². The molecule has 19 heavy (non-hydrogen) atoms. The van der Waals surface area contributed by atoms with Gasteiger partial charge in [0.05, 0.1) is 6.54 Å². The maximum absolute atomic E-state index is 4.58. The highest BCUT2D eigenvalue weighted by Crippen LogP contribution is 2.20. The largest absolute Gasteiger partial charge is 0.311 e. The molecule has 0 saturated carbocycles. The van der Waals surface area contributed by atoms with Gasteiger partial charge in [-0.3, -0.25) is 4.90 Å². The Morgan fingerprint density at radius 2 is 2.26 bits per heavy atom. The Bertz CT molecular complexity index is 377. The Morgan fingerprint density at radius 3 is 2.89 bits per heavy atom. The van der Waals surface area contributed by atoms with E-state index in [1.807, 2.05) is 17.5 Å². The molecule has 108 valence electrons. The predicted molar refractivity (Wildman–Crippen MR) is 82.7 cm³/mol. The van der Waals surface area contributed by atoms with Crippen LogP contribution in [0.25, 0.3) is 0 Å². The van der Waals surface area contributed by atoms with E-state index in [0.717, 1.165) is 19.5 Å². The third kappa shape index (κ3) is 4.01. The van der Waals surface area contributed by atoms with E-state index < -0.39 is 0 Å². The van der Waals surface area contributed by atoms with Gasteiger partial charge in [-0.15, -0.1) is 11.3 Å². The van der Waals surface area contributed by atoms with Gasteiger partial charge in [-0.1, -0.05) is 27.2 Å². The molecule has 1 saturated heterocycles. The quantitative estimate of drug-likeness (QED) is 0.868. The second-order valence-corrected chi connectivity index (χ2v) is 6.66. The van der Waals surface area contributed by atoms with E-state index >= 15 is 0 Å². The van der Waals surface area contributed by atoms with Gasteiger partial charge in [-0.05, 0) is 19.3 Å². The van der Waals surface area contributed by atoms with Crippen LogP contribution < -0.4 is 5.32 Å². The smallest absolute Gasteiger partial charge is 0.107 e. The number of hydrogen-bond donors (Lipinski definition) is 1. The summed E-state index contributed by atoms with van der Waals surface area (Å²) in [5.74, 6) is 0. The summed E-state index contributed by atoms with van der Waals surface area (Å²) in [5, 5.41) is 4.98. The zero-order chi connectivity index (χ0) is 13.7. The number of thiazole rings is 1. The van der Waals surface area contributed by atoms with Crippen LogP contribution in [0.1, 0.15) is 49.9 Å². The minimum atomic E-state index is 0.665. The molecule has 1 aliphatic rings. The molecule has 0 radical (unpaired) electrons. The molecule has 0 bridgehead atoms. The van der Waals surface area contributed by atoms with Gasteiger partial charge in [-0.25, -0.2) is 4.98 Å². The lowest BCUT2D eigenvalue weighted by atomic mass is 10.0. The minimum absolute atomic E-state index is 0.665. The molecule has 0 amide bonds. The maximum atomic E-state index is 4.58. The fraction of sp³-hybridized carbons (Fsp3) is 0.800. The van der Waals surface area contributed by atoms with E-state index in [1.165, 1.54) is 35.7 Å². The third-order valence-electron chi connectivity index (χ3n) is 4.01. The Labute approximate surface area is 121 Å². The Balaban J connectivity index is 1.97. The van der Waals surface area contributed by atoms with Crippen LogP contribution in [0.2, 0.25) is 0 Å². The average molecular weight is 281 g/mol. The van der Waals surface area contributed by atoms with Crippen LogP contribution in [0.15, 0.2) is 6.20 Å². The van der Waals surface area contributed by atoms with Gasteiger partial charge < -0.3 is 5.32 Å². The van der Waals surface area contributed by atoms with Crippen molar-refractivity contribution in [1.29, 1.82) is 0 Å². The molecule has 3 nitrogen and oxygen atoms in total. The van der Waals surface area contributed by atoms with Gasteiger partial charge >= 0.3 is 0 Å². The van der Waals surface area contributed by atoms with Gasteiger partial charge in [-0.2, -0.15) is 0 Å². The van der Waals surface area contributed by atoms with Crippen molar-refractivity contribution in [2.45, 2.75) is 65.1 Å². The summed E-state index contributed by atoms with van der Waals surface area (Å²) in [7, 11) is 0. The van der Waals surface area contributed by atoms with E-state index in [-0.39, 0.29) is 0 Å². The first kappa shape index (κ1) is 14.9. The van der Waals surface area contributed by atoms with Crippen LogP contribution in [-0.4, -0.2) is 35.1 Å². The zero-order valence-electron chi connectivity index (χ0n) is 12.5. The van der Waals surface area contributed by atoms with Crippen molar-refractivity contribution in [3.05, 3.63) is 16.1 Å². The highest BCUT2D eigenvalue weighted by Gasteiger charge is 2.26. The van der Waals surface area contributed by atoms with Crippen LogP contribution in [-0.2, 0) is 13.0 Å². The zero-order valence-corrected chi connectivity index (χ0v) is 13.3. The standard InChI is InChI=1S/C15H27N3S/c1-4-7-12-10-18(13(5-2)8-16-12)11-15-17-9-14(6-3)19-15/h9,12-13,16H,4-8,10-11H2,1-3H3. The summed E-state index contributed by atoms with van der Waals surface area (Å²) in [6, 6.07) is 1.33. The number of aromatic nitrogens is 1. The topological polar surface area (TPSA) is 28.2 Å². The molecule has 4 heteroatoms. The van der Waals surface area contributed by atoms with Gasteiger partial charge in [0, 0.05) is 36.2 Å². The summed E-state index contributed by atoms with van der Waals surface area (Å²) in [5.41, 5.74) is 0. The maximum Gasteiger partial charge on any atom is 0.107 e. The molecule has 0 aliphatic carbocycles. The van der Waals surface area contributed by atoms with Crippen LogP contribution >= 0.6 is 11.3 Å². The van der Waals surface area contributed by atoms with Crippen molar-refractivity contribution in [1.82, 2.24) is 15.2 Å². The lowest BCUT2D eigenvalue weighted by Crippen LogP contribution is -2.55. The summed E-state index contributed by atoms with van der Waals surface area (Å²) in [4.78, 5) is 8.62. The van der Waals surface area contributed by atoms with E-state index in [2.05, 4.69) is 36.0 Å². The van der Waals surface area contributed by atoms with Crippen LogP contribution in [0.4, 0.5) is 0 Å². The molecule has 2 unspecified atom stereocenters. The van der Waals surface area contributed by atoms with Gasteiger partial charge in [0.1, 0.15) is 5.01 Å². The number of hydrogen-bond acceptors (Lipinski definition) is 4. The molecule has 1 aromatic heterocycles. The second kappa shape index (κ2) is 7.36. The number of piperazine rings is 1. The van der Waals surface area contributed by atoms with Crippen molar-refractivity contribution in [2.24, 2.45) is 0 Å². The molecular weight excluding hydrogens is 254 g/mol. The van der Waals surface area contributed by atoms with Crippen LogP contribution in [0.5, 0.6) is 0 Å². The molecule has 1 fully saturated rings. The highest BCUT2D eigenvalue weighted by molar-refractivity contribution is 7.11. The minimum Gasteiger partial charge on any atom is -0.311 e. The van der Waals surface area contributed by atoms with Crippen LogP contribution in [0, 0.1) is 0 Å². The predicted octanol–water partition coefficient (Wildman–Crippen LogP) is 3.06. The number of aryl methyl sites for hydroxylation is 1. The molecule has 2 rings (SSSR count). The molecule has 2 heterocycles. The van der Waals surface area contributed by atoms with Gasteiger partial charge in [0.2, 0.25) is 0 Å². The van der Waals surface area contributed by atoms with Crippen molar-refractivity contribution >= 4 is 11.3 Å². The normalized spacial score (nSPS) is 24.8. The molecule has 1 aliphatic heterocycles. The molecule has 0 aromatic carbocycles. The number of nitrogens with zero attached hydrogens (tertiary/aromatic N) is 2. The SMILES string of the molecule is CCCC1CN(Cc2ncc(CC)s2)C(CC)CN1. The number of rotatable bonds is 6. The average Bonchev–Trinajstić information content (AvgIpc) is 2.87. The first-order valence-corrected chi connectivity index (χ1v) is 8.49. The summed E-state index contributed by atoms with van der Waals surface area (Å²) in [6.45, 7) is 10.1. The molecular formula is C15H27N3S. The van der Waals surface area contributed by atoms with E-state index in [1.54, 1.807) is 0 Å². The lowest BCUT2D eigenvalue weighted by Gasteiger charge is -2.39. The fourth-order valence-corrected chi connectivity index (χ4v) is 3.71. The summed E-state index contributed by atoms with van der Waals surface area (Å²) >= 11 is 1.88. The lowest BCUT2D eigenvalue weighted by molar-refractivity contribution is 0.115. The van der Waals surface area contributed by atoms with Gasteiger partial charge in [0.15, 0.2) is 0 Å². The fourth-order valence-electron chi connectivity index (χ4n) is 2.82. The Morgan fingerprint density at radius 1 is 1.42 bits per heavy atom. The first-order chi connectivity index (χ1) is 9.26. The highest BCUT2D eigenvalue weighted by atomic mass is 32.1. The van der Waals surface area contributed by atoms with Crippen molar-refractivity contribution < 1.29 is 0 Å². The van der Waals surface area contributed by atoms with Crippen molar-refractivity contribution in [2.75, 3.05) is 13.1 Å². The van der Waals surface area contributed by atoms with Crippen molar-refractivity contribution in [3.63, 3.8) is 0 Å². The third-order valence-corrected chi connectivity index (χ3v) is 5.14. The van der Waals surface area contributed by atoms with Gasteiger partial charge in [0.25, 0.3) is 0 Å². The Kier molecular flexibility index (Phi) is 5.79. The summed E-state index contributed by atoms with van der Waals surface area (Å²) in [6.07, 6.45) is 6.92. The monoisotopic (exact) mass is 281 g/mol. The second-order valence-electron chi connectivity index (χ2n) is 5.46. The molecule has 2 atom stereocenters. The Hall–Kier alpha value is -0.450. The molecule has 1 N–H and O–H groups in total. The molecule has 0 spiro atoms. The van der Waals surface area contributed by atoms with E-state index in [4.69, 9.17) is 0 Å².